The van der Waals surface area contributed by atoms with Crippen LogP contribution in [0.4, 0.5) is 10.8 Å². The summed E-state index contributed by atoms with van der Waals surface area (Å²) in [6, 6.07) is 7.02. The van der Waals surface area contributed by atoms with Crippen LogP contribution in [0.1, 0.15) is 29.0 Å². The van der Waals surface area contributed by atoms with Crippen LogP contribution in [-0.4, -0.2) is 65.9 Å². The van der Waals surface area contributed by atoms with Crippen molar-refractivity contribution in [2.45, 2.75) is 31.2 Å². The molecule has 0 saturated carbocycles. The Hall–Kier alpha value is -2.54. The minimum absolute atomic E-state index is 0.304. The number of thiazole rings is 1. The van der Waals surface area contributed by atoms with Gasteiger partial charge >= 0.3 is 0 Å². The number of carbonyl (C=O) groups is 1. The third kappa shape index (κ3) is 4.35. The average Bonchev–Trinajstić information content (AvgIpc) is 3.46. The molecular formula is C20H25N7O3S2. The molecule has 2 aliphatic heterocycles. The molecule has 3 N–H and O–H groups in total. The summed E-state index contributed by atoms with van der Waals surface area (Å²) in [5, 5.41) is 10.4. The molecule has 0 radical (unpaired) electrons. The molecule has 1 aromatic carbocycles. The SMILES string of the molecule is CN1CCCn2nc(C(=O)Nc3nc4ccc(NS(=O)(=O)C5CCNC5)cc4s3)cc2C1. The van der Waals surface area contributed by atoms with Crippen LogP contribution in [0.15, 0.2) is 24.3 Å². The molecule has 0 aliphatic carbocycles. The van der Waals surface area contributed by atoms with Gasteiger partial charge in [-0.2, -0.15) is 5.10 Å². The van der Waals surface area contributed by atoms with Gasteiger partial charge in [-0.25, -0.2) is 13.4 Å². The van der Waals surface area contributed by atoms with E-state index in [1.807, 2.05) is 10.7 Å². The van der Waals surface area contributed by atoms with Gasteiger partial charge in [0.15, 0.2) is 10.8 Å². The molecule has 1 atom stereocenters. The second-order valence-electron chi connectivity index (χ2n) is 8.25. The topological polar surface area (TPSA) is 121 Å². The highest BCUT2D eigenvalue weighted by Gasteiger charge is 2.28. The maximum absolute atomic E-state index is 12.7. The summed E-state index contributed by atoms with van der Waals surface area (Å²) < 4.78 is 30.4. The zero-order valence-electron chi connectivity index (χ0n) is 17.7. The Kier molecular flexibility index (Phi) is 5.61. The zero-order chi connectivity index (χ0) is 22.3. The fraction of sp³-hybridized carbons (Fsp3) is 0.450. The van der Waals surface area contributed by atoms with E-state index >= 15 is 0 Å². The number of hydrogen-bond donors (Lipinski definition) is 3. The zero-order valence-corrected chi connectivity index (χ0v) is 19.3. The lowest BCUT2D eigenvalue weighted by molar-refractivity contribution is 0.102. The third-order valence-electron chi connectivity index (χ3n) is 5.76. The van der Waals surface area contributed by atoms with Crippen molar-refractivity contribution in [2.24, 2.45) is 0 Å². The average molecular weight is 476 g/mol. The minimum atomic E-state index is -3.45. The maximum Gasteiger partial charge on any atom is 0.277 e. The first-order chi connectivity index (χ1) is 15.4. The fourth-order valence-electron chi connectivity index (χ4n) is 4.08. The van der Waals surface area contributed by atoms with Crippen molar-refractivity contribution in [3.63, 3.8) is 0 Å². The van der Waals surface area contributed by atoms with E-state index in [2.05, 4.69) is 37.4 Å². The van der Waals surface area contributed by atoms with Crippen LogP contribution >= 0.6 is 11.3 Å². The molecule has 3 aromatic rings. The van der Waals surface area contributed by atoms with Gasteiger partial charge in [0, 0.05) is 26.2 Å². The normalized spacial score (nSPS) is 19.6. The smallest absolute Gasteiger partial charge is 0.277 e. The van der Waals surface area contributed by atoms with Crippen LogP contribution in [0.5, 0.6) is 0 Å². The highest BCUT2D eigenvalue weighted by Crippen LogP contribution is 2.29. The van der Waals surface area contributed by atoms with Gasteiger partial charge in [-0.1, -0.05) is 11.3 Å². The molecule has 2 aromatic heterocycles. The van der Waals surface area contributed by atoms with Gasteiger partial charge in [0.1, 0.15) is 0 Å². The monoisotopic (exact) mass is 475 g/mol. The molecule has 4 heterocycles. The highest BCUT2D eigenvalue weighted by molar-refractivity contribution is 7.93. The molecule has 1 fully saturated rings. The third-order valence-corrected chi connectivity index (χ3v) is 8.49. The van der Waals surface area contributed by atoms with Gasteiger partial charge in [0.2, 0.25) is 10.0 Å². The lowest BCUT2D eigenvalue weighted by Gasteiger charge is -2.12. The highest BCUT2D eigenvalue weighted by atomic mass is 32.2. The van der Waals surface area contributed by atoms with E-state index in [9.17, 15) is 13.2 Å². The van der Waals surface area contributed by atoms with E-state index in [4.69, 9.17) is 0 Å². The second-order valence-corrected chi connectivity index (χ2v) is 11.2. The van der Waals surface area contributed by atoms with Crippen molar-refractivity contribution in [2.75, 3.05) is 36.7 Å². The number of fused-ring (bicyclic) bond motifs is 2. The van der Waals surface area contributed by atoms with Gasteiger partial charge < -0.3 is 10.2 Å². The lowest BCUT2D eigenvalue weighted by Crippen LogP contribution is -2.29. The van der Waals surface area contributed by atoms with Crippen LogP contribution in [0, 0.1) is 0 Å². The number of sulfonamides is 1. The minimum Gasteiger partial charge on any atom is -0.315 e. The molecule has 170 valence electrons. The Labute approximate surface area is 190 Å². The van der Waals surface area contributed by atoms with E-state index < -0.39 is 15.3 Å². The molecule has 0 bridgehead atoms. The summed E-state index contributed by atoms with van der Waals surface area (Å²) in [7, 11) is -1.39. The van der Waals surface area contributed by atoms with Gasteiger partial charge in [-0.15, -0.1) is 0 Å². The Morgan fingerprint density at radius 3 is 2.97 bits per heavy atom. The van der Waals surface area contributed by atoms with E-state index in [-0.39, 0.29) is 5.91 Å². The summed E-state index contributed by atoms with van der Waals surface area (Å²) in [5.41, 5.74) is 2.58. The largest absolute Gasteiger partial charge is 0.315 e. The summed E-state index contributed by atoms with van der Waals surface area (Å²) in [6.07, 6.45) is 1.59. The Morgan fingerprint density at radius 2 is 2.16 bits per heavy atom. The number of nitrogens with zero attached hydrogens (tertiary/aromatic N) is 4. The Balaban J connectivity index is 1.31. The number of aryl methyl sites for hydroxylation is 1. The standard InChI is InChI=1S/C20H25N7O3S2/c1-26-7-2-8-27-14(12-26)10-17(24-27)19(28)23-20-22-16-4-3-13(9-18(16)31-20)25-32(29,30)15-5-6-21-11-15/h3-4,9-10,15,21,25H,2,5-8,11-12H2,1H3,(H,22,23,28). The van der Waals surface area contributed by atoms with Gasteiger partial charge in [0.25, 0.3) is 5.91 Å². The van der Waals surface area contributed by atoms with Crippen molar-refractivity contribution in [1.82, 2.24) is 25.0 Å². The Morgan fingerprint density at radius 1 is 1.28 bits per heavy atom. The predicted octanol–water partition coefficient (Wildman–Crippen LogP) is 1.68. The predicted molar refractivity (Wildman–Crippen MR) is 125 cm³/mol. The molecule has 10 nitrogen and oxygen atoms in total. The first kappa shape index (κ1) is 21.3. The first-order valence-corrected chi connectivity index (χ1v) is 12.9. The summed E-state index contributed by atoms with van der Waals surface area (Å²) in [5.74, 6) is -0.304. The van der Waals surface area contributed by atoms with Crippen molar-refractivity contribution in [3.05, 3.63) is 35.7 Å². The molecule has 0 spiro atoms. The van der Waals surface area contributed by atoms with Gasteiger partial charge in [0.05, 0.1) is 26.8 Å². The van der Waals surface area contributed by atoms with Crippen LogP contribution in [-0.2, 0) is 23.1 Å². The van der Waals surface area contributed by atoms with Crippen molar-refractivity contribution < 1.29 is 13.2 Å². The number of carbonyl (C=O) groups excluding carboxylic acids is 1. The number of anilines is 2. The summed E-state index contributed by atoms with van der Waals surface area (Å²) in [6.45, 7) is 3.73. The van der Waals surface area contributed by atoms with Crippen molar-refractivity contribution >= 4 is 48.3 Å². The number of rotatable bonds is 5. The van der Waals surface area contributed by atoms with E-state index in [0.29, 0.717) is 41.5 Å². The van der Waals surface area contributed by atoms with Crippen LogP contribution < -0.4 is 15.4 Å². The molecule has 1 saturated heterocycles. The molecule has 5 rings (SSSR count). The summed E-state index contributed by atoms with van der Waals surface area (Å²) >= 11 is 1.30. The molecular weight excluding hydrogens is 450 g/mol. The number of aromatic nitrogens is 3. The lowest BCUT2D eigenvalue weighted by atomic mass is 10.3. The Bertz CT molecular complexity index is 1260. The number of benzene rings is 1. The molecule has 12 heteroatoms. The van der Waals surface area contributed by atoms with Crippen LogP contribution in [0.25, 0.3) is 10.2 Å². The maximum atomic E-state index is 12.7. The van der Waals surface area contributed by atoms with Gasteiger partial charge in [-0.3, -0.25) is 19.5 Å². The van der Waals surface area contributed by atoms with Gasteiger partial charge in [-0.05, 0) is 50.7 Å². The number of hydrogen-bond acceptors (Lipinski definition) is 8. The molecule has 2 aliphatic rings. The molecule has 1 unspecified atom stereocenters. The molecule has 32 heavy (non-hydrogen) atoms. The number of nitrogens with one attached hydrogen (secondary N) is 3. The van der Waals surface area contributed by atoms with E-state index in [1.54, 1.807) is 18.2 Å². The van der Waals surface area contributed by atoms with E-state index in [1.165, 1.54) is 11.3 Å². The van der Waals surface area contributed by atoms with Crippen molar-refractivity contribution in [1.29, 1.82) is 0 Å². The van der Waals surface area contributed by atoms with Crippen LogP contribution in [0.3, 0.4) is 0 Å². The first-order valence-electron chi connectivity index (χ1n) is 10.6. The second kappa shape index (κ2) is 8.43. The van der Waals surface area contributed by atoms with E-state index in [0.717, 1.165) is 36.4 Å². The van der Waals surface area contributed by atoms with Crippen molar-refractivity contribution in [3.8, 4) is 0 Å². The van der Waals surface area contributed by atoms with Crippen LogP contribution in [0.2, 0.25) is 0 Å². The molecule has 1 amide bonds. The number of amides is 1. The quantitative estimate of drug-likeness (QED) is 0.513. The summed E-state index contributed by atoms with van der Waals surface area (Å²) in [4.78, 5) is 19.4. The fourth-order valence-corrected chi connectivity index (χ4v) is 6.36.